The van der Waals surface area contributed by atoms with Crippen LogP contribution in [-0.2, 0) is 7.05 Å². The van der Waals surface area contributed by atoms with Crippen LogP contribution in [-0.4, -0.2) is 51.7 Å². The standard InChI is InChI=1S/C17H21ClN4O/c1-13(15-5-3-4-6-16(15)18)21-7-9-22(10-8-21)17(23)14-11-19-20(2)12-14/h3-6,11-13H,7-10H2,1-2H3. The van der Waals surface area contributed by atoms with E-state index < -0.39 is 0 Å². The molecule has 0 spiro atoms. The molecule has 3 rings (SSSR count). The Balaban J connectivity index is 1.62. The number of aromatic nitrogens is 2. The quantitative estimate of drug-likeness (QED) is 0.867. The minimum atomic E-state index is 0.0585. The van der Waals surface area contributed by atoms with Gasteiger partial charge in [-0.1, -0.05) is 29.8 Å². The predicted octanol–water partition coefficient (Wildman–Crippen LogP) is 2.59. The average Bonchev–Trinajstić information content (AvgIpc) is 3.01. The summed E-state index contributed by atoms with van der Waals surface area (Å²) in [6.07, 6.45) is 3.39. The normalized spacial score (nSPS) is 17.3. The number of carbonyl (C=O) groups excluding carboxylic acids is 1. The fraction of sp³-hybridized carbons (Fsp3) is 0.412. The Hall–Kier alpha value is -1.85. The molecule has 1 amide bonds. The SMILES string of the molecule is CC(c1ccccc1Cl)N1CCN(C(=O)c2cnn(C)c2)CC1. The first-order valence-electron chi connectivity index (χ1n) is 7.82. The highest BCUT2D eigenvalue weighted by Crippen LogP contribution is 2.27. The number of carbonyl (C=O) groups is 1. The van der Waals surface area contributed by atoms with Crippen LogP contribution in [0.25, 0.3) is 0 Å². The Morgan fingerprint density at radius 2 is 1.91 bits per heavy atom. The monoisotopic (exact) mass is 332 g/mol. The van der Waals surface area contributed by atoms with Crippen molar-refractivity contribution < 1.29 is 4.79 Å². The third-order valence-corrected chi connectivity index (χ3v) is 4.80. The molecule has 1 fully saturated rings. The van der Waals surface area contributed by atoms with Gasteiger partial charge in [0.15, 0.2) is 0 Å². The Morgan fingerprint density at radius 1 is 1.22 bits per heavy atom. The van der Waals surface area contributed by atoms with Crippen molar-refractivity contribution in [2.75, 3.05) is 26.2 Å². The lowest BCUT2D eigenvalue weighted by Crippen LogP contribution is -2.49. The molecule has 2 aromatic rings. The number of hydrogen-bond donors (Lipinski definition) is 0. The van der Waals surface area contributed by atoms with E-state index in [4.69, 9.17) is 11.6 Å². The highest BCUT2D eigenvalue weighted by Gasteiger charge is 2.26. The number of halogens is 1. The van der Waals surface area contributed by atoms with Gasteiger partial charge < -0.3 is 4.90 Å². The molecule has 1 aromatic carbocycles. The molecule has 2 heterocycles. The van der Waals surface area contributed by atoms with E-state index in [-0.39, 0.29) is 11.9 Å². The zero-order valence-electron chi connectivity index (χ0n) is 13.4. The number of benzene rings is 1. The van der Waals surface area contributed by atoms with Crippen molar-refractivity contribution in [1.82, 2.24) is 19.6 Å². The van der Waals surface area contributed by atoms with Gasteiger partial charge >= 0.3 is 0 Å². The van der Waals surface area contributed by atoms with Crippen molar-refractivity contribution in [2.45, 2.75) is 13.0 Å². The maximum atomic E-state index is 12.4. The van der Waals surface area contributed by atoms with E-state index in [1.165, 1.54) is 0 Å². The van der Waals surface area contributed by atoms with E-state index in [0.29, 0.717) is 5.56 Å². The molecule has 122 valence electrons. The van der Waals surface area contributed by atoms with Crippen LogP contribution in [0.1, 0.15) is 28.9 Å². The molecule has 1 unspecified atom stereocenters. The van der Waals surface area contributed by atoms with E-state index >= 15 is 0 Å². The molecule has 1 aliphatic heterocycles. The molecule has 0 bridgehead atoms. The summed E-state index contributed by atoms with van der Waals surface area (Å²) in [4.78, 5) is 16.7. The summed E-state index contributed by atoms with van der Waals surface area (Å²) < 4.78 is 1.66. The van der Waals surface area contributed by atoms with E-state index in [9.17, 15) is 4.79 Å². The Morgan fingerprint density at radius 3 is 2.52 bits per heavy atom. The Labute approximate surface area is 141 Å². The molecule has 0 saturated carbocycles. The third-order valence-electron chi connectivity index (χ3n) is 4.46. The second kappa shape index (κ2) is 6.72. The first kappa shape index (κ1) is 16.0. The summed E-state index contributed by atoms with van der Waals surface area (Å²) in [5.74, 6) is 0.0585. The minimum absolute atomic E-state index is 0.0585. The van der Waals surface area contributed by atoms with Gasteiger partial charge in [-0.2, -0.15) is 5.10 Å². The maximum Gasteiger partial charge on any atom is 0.257 e. The highest BCUT2D eigenvalue weighted by molar-refractivity contribution is 6.31. The zero-order valence-corrected chi connectivity index (χ0v) is 14.2. The summed E-state index contributed by atoms with van der Waals surface area (Å²) in [6, 6.07) is 8.21. The van der Waals surface area contributed by atoms with Gasteiger partial charge in [-0.25, -0.2) is 0 Å². The van der Waals surface area contributed by atoms with Crippen molar-refractivity contribution in [3.63, 3.8) is 0 Å². The smallest absolute Gasteiger partial charge is 0.257 e. The van der Waals surface area contributed by atoms with Crippen LogP contribution in [0.5, 0.6) is 0 Å². The van der Waals surface area contributed by atoms with Crippen molar-refractivity contribution in [1.29, 1.82) is 0 Å². The van der Waals surface area contributed by atoms with Gasteiger partial charge in [-0.3, -0.25) is 14.4 Å². The Kier molecular flexibility index (Phi) is 4.68. The van der Waals surface area contributed by atoms with E-state index in [1.54, 1.807) is 17.1 Å². The molecule has 1 atom stereocenters. The molecule has 1 aromatic heterocycles. The van der Waals surface area contributed by atoms with Crippen LogP contribution >= 0.6 is 11.6 Å². The molecule has 5 nitrogen and oxygen atoms in total. The lowest BCUT2D eigenvalue weighted by Gasteiger charge is -2.38. The van der Waals surface area contributed by atoms with Gasteiger partial charge in [-0.15, -0.1) is 0 Å². The number of aryl methyl sites for hydroxylation is 1. The summed E-state index contributed by atoms with van der Waals surface area (Å²) >= 11 is 6.30. The molecular formula is C17H21ClN4O. The van der Waals surface area contributed by atoms with Crippen molar-refractivity contribution in [3.8, 4) is 0 Å². The molecule has 1 aliphatic rings. The van der Waals surface area contributed by atoms with Crippen LogP contribution in [0.15, 0.2) is 36.7 Å². The molecule has 1 saturated heterocycles. The predicted molar refractivity (Wildman–Crippen MR) is 90.6 cm³/mol. The third kappa shape index (κ3) is 3.41. The minimum Gasteiger partial charge on any atom is -0.336 e. The van der Waals surface area contributed by atoms with Crippen LogP contribution in [0.3, 0.4) is 0 Å². The van der Waals surface area contributed by atoms with Crippen LogP contribution in [0.4, 0.5) is 0 Å². The van der Waals surface area contributed by atoms with E-state index in [1.807, 2.05) is 30.1 Å². The summed E-state index contributed by atoms with van der Waals surface area (Å²) in [6.45, 7) is 5.31. The average molecular weight is 333 g/mol. The van der Waals surface area contributed by atoms with Gasteiger partial charge in [0.2, 0.25) is 0 Å². The number of nitrogens with zero attached hydrogens (tertiary/aromatic N) is 4. The van der Waals surface area contributed by atoms with Crippen molar-refractivity contribution >= 4 is 17.5 Å². The summed E-state index contributed by atoms with van der Waals surface area (Å²) in [5.41, 5.74) is 1.79. The van der Waals surface area contributed by atoms with E-state index in [2.05, 4.69) is 23.0 Å². The van der Waals surface area contributed by atoms with Gasteiger partial charge in [-0.05, 0) is 18.6 Å². The highest BCUT2D eigenvalue weighted by atomic mass is 35.5. The van der Waals surface area contributed by atoms with Crippen LogP contribution < -0.4 is 0 Å². The number of hydrogen-bond acceptors (Lipinski definition) is 3. The van der Waals surface area contributed by atoms with Crippen LogP contribution in [0.2, 0.25) is 5.02 Å². The number of rotatable bonds is 3. The first-order chi connectivity index (χ1) is 11.1. The molecule has 23 heavy (non-hydrogen) atoms. The molecular weight excluding hydrogens is 312 g/mol. The molecule has 0 radical (unpaired) electrons. The topological polar surface area (TPSA) is 41.4 Å². The molecule has 0 N–H and O–H groups in total. The number of amides is 1. The lowest BCUT2D eigenvalue weighted by atomic mass is 10.1. The van der Waals surface area contributed by atoms with Crippen LogP contribution in [0, 0.1) is 0 Å². The molecule has 0 aliphatic carbocycles. The fourth-order valence-electron chi connectivity index (χ4n) is 3.04. The van der Waals surface area contributed by atoms with E-state index in [0.717, 1.165) is 36.8 Å². The van der Waals surface area contributed by atoms with Crippen molar-refractivity contribution in [2.24, 2.45) is 7.05 Å². The van der Waals surface area contributed by atoms with Crippen molar-refractivity contribution in [3.05, 3.63) is 52.8 Å². The number of piperazine rings is 1. The van der Waals surface area contributed by atoms with Gasteiger partial charge in [0.25, 0.3) is 5.91 Å². The molecule has 6 heteroatoms. The Bertz CT molecular complexity index is 691. The second-order valence-electron chi connectivity index (χ2n) is 5.93. The zero-order chi connectivity index (χ0) is 16.4. The fourth-order valence-corrected chi connectivity index (χ4v) is 3.33. The first-order valence-corrected chi connectivity index (χ1v) is 8.20. The van der Waals surface area contributed by atoms with Gasteiger partial charge in [0, 0.05) is 50.5 Å². The summed E-state index contributed by atoms with van der Waals surface area (Å²) in [7, 11) is 1.82. The lowest BCUT2D eigenvalue weighted by molar-refractivity contribution is 0.0582. The van der Waals surface area contributed by atoms with Gasteiger partial charge in [0.1, 0.15) is 0 Å². The summed E-state index contributed by atoms with van der Waals surface area (Å²) in [5, 5.41) is 4.87. The maximum absolute atomic E-state index is 12.4. The van der Waals surface area contributed by atoms with Gasteiger partial charge in [0.05, 0.1) is 11.8 Å². The largest absolute Gasteiger partial charge is 0.336 e. The second-order valence-corrected chi connectivity index (χ2v) is 6.34.